The molecule has 0 amide bonds. The van der Waals surface area contributed by atoms with Gasteiger partial charge in [0.2, 0.25) is 0 Å². The Hall–Kier alpha value is -1.09. The van der Waals surface area contributed by atoms with E-state index in [9.17, 15) is 0 Å². The number of nitrogens with two attached hydrogens (primary N) is 1. The Labute approximate surface area is 92.3 Å². The van der Waals surface area contributed by atoms with Crippen LogP contribution in [0.1, 0.15) is 32.8 Å². The maximum atomic E-state index is 5.54. The molecule has 1 rings (SSSR count). The van der Waals surface area contributed by atoms with Crippen LogP contribution in [-0.2, 0) is 6.54 Å². The Balaban J connectivity index is 2.66. The standard InChI is InChI=1S/C12H21N3/c1-5-12(2,3)15(4)9-10-6-7-11(13)14-8-10/h6-8H,5,9H2,1-4H3,(H2,13,14). The third-order valence-corrected chi connectivity index (χ3v) is 3.17. The zero-order valence-electron chi connectivity index (χ0n) is 10.1. The molecule has 0 radical (unpaired) electrons. The summed E-state index contributed by atoms with van der Waals surface area (Å²) in [5, 5.41) is 0. The summed E-state index contributed by atoms with van der Waals surface area (Å²) in [5.41, 5.74) is 6.97. The van der Waals surface area contributed by atoms with Gasteiger partial charge in [0.15, 0.2) is 0 Å². The van der Waals surface area contributed by atoms with Gasteiger partial charge in [-0.05, 0) is 38.9 Å². The molecule has 1 aromatic heterocycles. The average Bonchev–Trinajstić information content (AvgIpc) is 2.21. The zero-order chi connectivity index (χ0) is 11.5. The lowest BCUT2D eigenvalue weighted by Crippen LogP contribution is -2.39. The number of hydrogen-bond donors (Lipinski definition) is 1. The van der Waals surface area contributed by atoms with Crippen LogP contribution in [0.15, 0.2) is 18.3 Å². The van der Waals surface area contributed by atoms with E-state index in [0.29, 0.717) is 5.82 Å². The molecular weight excluding hydrogens is 186 g/mol. The number of aromatic nitrogens is 1. The molecule has 3 nitrogen and oxygen atoms in total. The van der Waals surface area contributed by atoms with Crippen LogP contribution in [0.5, 0.6) is 0 Å². The molecule has 0 fully saturated rings. The Bertz CT molecular complexity index is 303. The molecule has 0 aliphatic rings. The Kier molecular flexibility index (Phi) is 3.69. The fraction of sp³-hybridized carbons (Fsp3) is 0.583. The molecule has 84 valence electrons. The van der Waals surface area contributed by atoms with Gasteiger partial charge < -0.3 is 5.73 Å². The molecule has 0 saturated carbocycles. The van der Waals surface area contributed by atoms with Crippen molar-refractivity contribution < 1.29 is 0 Å². The van der Waals surface area contributed by atoms with Crippen LogP contribution in [0.3, 0.4) is 0 Å². The summed E-state index contributed by atoms with van der Waals surface area (Å²) in [6.45, 7) is 7.61. The maximum absolute atomic E-state index is 5.54. The van der Waals surface area contributed by atoms with Crippen LogP contribution in [0.2, 0.25) is 0 Å². The van der Waals surface area contributed by atoms with Crippen molar-refractivity contribution in [2.24, 2.45) is 0 Å². The first-order valence-corrected chi connectivity index (χ1v) is 5.37. The third kappa shape index (κ3) is 3.20. The van der Waals surface area contributed by atoms with Gasteiger partial charge in [-0.25, -0.2) is 4.98 Å². The van der Waals surface area contributed by atoms with E-state index in [-0.39, 0.29) is 5.54 Å². The summed E-state index contributed by atoms with van der Waals surface area (Å²) in [4.78, 5) is 6.42. The highest BCUT2D eigenvalue weighted by Crippen LogP contribution is 2.18. The minimum Gasteiger partial charge on any atom is -0.384 e. The largest absolute Gasteiger partial charge is 0.384 e. The monoisotopic (exact) mass is 207 g/mol. The number of anilines is 1. The SMILES string of the molecule is CCC(C)(C)N(C)Cc1ccc(N)nc1. The summed E-state index contributed by atoms with van der Waals surface area (Å²) in [7, 11) is 2.14. The topological polar surface area (TPSA) is 42.1 Å². The van der Waals surface area contributed by atoms with Gasteiger partial charge in [0.05, 0.1) is 0 Å². The molecule has 0 saturated heterocycles. The highest BCUT2D eigenvalue weighted by molar-refractivity contribution is 5.29. The van der Waals surface area contributed by atoms with E-state index in [0.717, 1.165) is 13.0 Å². The highest BCUT2D eigenvalue weighted by atomic mass is 15.2. The predicted octanol–water partition coefficient (Wildman–Crippen LogP) is 2.28. The summed E-state index contributed by atoms with van der Waals surface area (Å²) in [6, 6.07) is 3.88. The first-order chi connectivity index (χ1) is 6.95. The van der Waals surface area contributed by atoms with Crippen molar-refractivity contribution in [1.82, 2.24) is 9.88 Å². The Morgan fingerprint density at radius 2 is 2.07 bits per heavy atom. The van der Waals surface area contributed by atoms with Gasteiger partial charge in [-0.3, -0.25) is 4.90 Å². The lowest BCUT2D eigenvalue weighted by molar-refractivity contribution is 0.143. The molecule has 0 aromatic carbocycles. The van der Waals surface area contributed by atoms with Gasteiger partial charge in [0.1, 0.15) is 5.82 Å². The molecular formula is C12H21N3. The van der Waals surface area contributed by atoms with Crippen molar-refractivity contribution in [3.63, 3.8) is 0 Å². The Morgan fingerprint density at radius 1 is 1.40 bits per heavy atom. The van der Waals surface area contributed by atoms with Crippen molar-refractivity contribution in [3.8, 4) is 0 Å². The van der Waals surface area contributed by atoms with Gasteiger partial charge in [-0.15, -0.1) is 0 Å². The molecule has 0 spiro atoms. The van der Waals surface area contributed by atoms with E-state index >= 15 is 0 Å². The second-order valence-electron chi connectivity index (χ2n) is 4.61. The first kappa shape index (κ1) is 12.0. The first-order valence-electron chi connectivity index (χ1n) is 5.37. The highest BCUT2D eigenvalue weighted by Gasteiger charge is 2.20. The lowest BCUT2D eigenvalue weighted by Gasteiger charge is -2.34. The molecule has 1 heterocycles. The van der Waals surface area contributed by atoms with E-state index in [4.69, 9.17) is 5.73 Å². The average molecular weight is 207 g/mol. The van der Waals surface area contributed by atoms with Crippen molar-refractivity contribution in [2.45, 2.75) is 39.3 Å². The fourth-order valence-corrected chi connectivity index (χ4v) is 1.29. The number of rotatable bonds is 4. The van der Waals surface area contributed by atoms with Crippen LogP contribution in [-0.4, -0.2) is 22.5 Å². The second-order valence-corrected chi connectivity index (χ2v) is 4.61. The molecule has 0 aliphatic carbocycles. The summed E-state index contributed by atoms with van der Waals surface area (Å²) >= 11 is 0. The molecule has 15 heavy (non-hydrogen) atoms. The minimum absolute atomic E-state index is 0.224. The van der Waals surface area contributed by atoms with Crippen LogP contribution in [0, 0.1) is 0 Å². The van der Waals surface area contributed by atoms with Crippen molar-refractivity contribution in [2.75, 3.05) is 12.8 Å². The van der Waals surface area contributed by atoms with E-state index in [1.54, 1.807) is 0 Å². The fourth-order valence-electron chi connectivity index (χ4n) is 1.29. The summed E-state index contributed by atoms with van der Waals surface area (Å²) < 4.78 is 0. The molecule has 1 aromatic rings. The van der Waals surface area contributed by atoms with Crippen molar-refractivity contribution >= 4 is 5.82 Å². The van der Waals surface area contributed by atoms with Crippen molar-refractivity contribution in [1.29, 1.82) is 0 Å². The smallest absolute Gasteiger partial charge is 0.123 e. The van der Waals surface area contributed by atoms with E-state index in [1.807, 2.05) is 18.3 Å². The van der Waals surface area contributed by atoms with Gasteiger partial charge >= 0.3 is 0 Å². The van der Waals surface area contributed by atoms with E-state index < -0.39 is 0 Å². The molecule has 2 N–H and O–H groups in total. The molecule has 3 heteroatoms. The van der Waals surface area contributed by atoms with Crippen LogP contribution in [0.25, 0.3) is 0 Å². The molecule has 0 aliphatic heterocycles. The molecule has 0 atom stereocenters. The van der Waals surface area contributed by atoms with E-state index in [1.165, 1.54) is 5.56 Å². The van der Waals surface area contributed by atoms with Crippen LogP contribution >= 0.6 is 0 Å². The summed E-state index contributed by atoms with van der Waals surface area (Å²) in [6.07, 6.45) is 2.98. The van der Waals surface area contributed by atoms with Gasteiger partial charge in [0.25, 0.3) is 0 Å². The van der Waals surface area contributed by atoms with Gasteiger partial charge in [-0.2, -0.15) is 0 Å². The van der Waals surface area contributed by atoms with Crippen LogP contribution < -0.4 is 5.73 Å². The zero-order valence-corrected chi connectivity index (χ0v) is 10.1. The van der Waals surface area contributed by atoms with Crippen LogP contribution in [0.4, 0.5) is 5.82 Å². The van der Waals surface area contributed by atoms with Gasteiger partial charge in [0, 0.05) is 18.3 Å². The molecule has 0 bridgehead atoms. The number of hydrogen-bond acceptors (Lipinski definition) is 3. The maximum Gasteiger partial charge on any atom is 0.123 e. The second kappa shape index (κ2) is 4.62. The lowest BCUT2D eigenvalue weighted by atomic mass is 9.99. The quantitative estimate of drug-likeness (QED) is 0.823. The predicted molar refractivity (Wildman–Crippen MR) is 64.5 cm³/mol. The minimum atomic E-state index is 0.224. The summed E-state index contributed by atoms with van der Waals surface area (Å²) in [5.74, 6) is 0.580. The molecule has 0 unspecified atom stereocenters. The number of pyridine rings is 1. The number of nitrogens with zero attached hydrogens (tertiary/aromatic N) is 2. The normalized spacial score (nSPS) is 12.1. The third-order valence-electron chi connectivity index (χ3n) is 3.17. The Morgan fingerprint density at radius 3 is 2.53 bits per heavy atom. The van der Waals surface area contributed by atoms with Gasteiger partial charge in [-0.1, -0.05) is 13.0 Å². The van der Waals surface area contributed by atoms with Crippen molar-refractivity contribution in [3.05, 3.63) is 23.9 Å². The number of nitrogen functional groups attached to an aromatic ring is 1. The van der Waals surface area contributed by atoms with E-state index in [2.05, 4.69) is 37.7 Å².